The van der Waals surface area contributed by atoms with E-state index in [0.717, 1.165) is 10.0 Å². The number of cyclic esters (lactones) is 2. The average molecular weight is 310 g/mol. The number of fused-ring (bicyclic) bond motifs is 1. The highest BCUT2D eigenvalue weighted by atomic mass is 79.9. The first-order valence-corrected chi connectivity index (χ1v) is 6.29. The number of thiazole rings is 1. The summed E-state index contributed by atoms with van der Waals surface area (Å²) in [4.78, 5) is 27.0. The van der Waals surface area contributed by atoms with Gasteiger partial charge in [0.05, 0.1) is 0 Å². The van der Waals surface area contributed by atoms with Gasteiger partial charge in [0.1, 0.15) is 9.88 Å². The molecular formula is C11H4BrNO3S. The number of carbonyl (C=O) groups excluding carboxylic acids is 2. The lowest BCUT2D eigenvalue weighted by atomic mass is 10.2. The third kappa shape index (κ3) is 1.69. The Balaban J connectivity index is 2.13. The molecule has 0 spiro atoms. The van der Waals surface area contributed by atoms with E-state index in [1.54, 1.807) is 0 Å². The average Bonchev–Trinajstić information content (AvgIpc) is 2.82. The fourth-order valence-electron chi connectivity index (χ4n) is 1.52. The second kappa shape index (κ2) is 3.75. The second-order valence-electron chi connectivity index (χ2n) is 3.38. The van der Waals surface area contributed by atoms with Crippen molar-refractivity contribution < 1.29 is 14.3 Å². The van der Waals surface area contributed by atoms with Crippen LogP contribution in [0.2, 0.25) is 0 Å². The Morgan fingerprint density at radius 1 is 1.24 bits per heavy atom. The fourth-order valence-corrected chi connectivity index (χ4v) is 2.85. The number of esters is 2. The van der Waals surface area contributed by atoms with Crippen LogP contribution in [0.1, 0.15) is 20.2 Å². The number of hydrogen-bond donors (Lipinski definition) is 0. The number of aromatic nitrogens is 1. The van der Waals surface area contributed by atoms with Crippen molar-refractivity contribution in [3.8, 4) is 10.6 Å². The Kier molecular flexibility index (Phi) is 2.34. The van der Waals surface area contributed by atoms with Crippen LogP contribution in [0, 0.1) is 0 Å². The van der Waals surface area contributed by atoms with Crippen LogP contribution in [0.25, 0.3) is 10.6 Å². The topological polar surface area (TPSA) is 56.3 Å². The lowest BCUT2D eigenvalue weighted by molar-refractivity contribution is 0.0443. The molecule has 6 heteroatoms. The molecule has 1 aromatic carbocycles. The first kappa shape index (κ1) is 10.6. The summed E-state index contributed by atoms with van der Waals surface area (Å²) in [5.41, 5.74) is 0.981. The van der Waals surface area contributed by atoms with Crippen LogP contribution in [0.5, 0.6) is 0 Å². The number of benzene rings is 1. The van der Waals surface area contributed by atoms with Crippen molar-refractivity contribution in [1.82, 2.24) is 4.98 Å². The van der Waals surface area contributed by atoms with Crippen molar-refractivity contribution in [1.29, 1.82) is 0 Å². The molecule has 4 nitrogen and oxygen atoms in total. The van der Waals surface area contributed by atoms with Gasteiger partial charge in [0.15, 0.2) is 5.69 Å². The van der Waals surface area contributed by atoms with Gasteiger partial charge >= 0.3 is 11.9 Å². The molecule has 0 radical (unpaired) electrons. The lowest BCUT2D eigenvalue weighted by Crippen LogP contribution is -1.99. The zero-order valence-corrected chi connectivity index (χ0v) is 10.7. The quantitative estimate of drug-likeness (QED) is 0.600. The fraction of sp³-hybridized carbons (Fsp3) is 0. The number of rotatable bonds is 1. The monoisotopic (exact) mass is 309 g/mol. The van der Waals surface area contributed by atoms with Crippen molar-refractivity contribution in [3.63, 3.8) is 0 Å². The SMILES string of the molecule is O=C1OC(=O)c2sc(-c3cccc(Br)c3)nc21. The molecule has 84 valence electrons. The van der Waals surface area contributed by atoms with E-state index in [0.29, 0.717) is 5.01 Å². The Bertz CT molecular complexity index is 618. The van der Waals surface area contributed by atoms with Crippen molar-refractivity contribution in [2.75, 3.05) is 0 Å². The Labute approximate surface area is 108 Å². The molecule has 0 N–H and O–H groups in total. The molecule has 0 amide bonds. The van der Waals surface area contributed by atoms with E-state index in [9.17, 15) is 9.59 Å². The van der Waals surface area contributed by atoms with Crippen molar-refractivity contribution >= 4 is 39.2 Å². The minimum atomic E-state index is -0.664. The highest BCUT2D eigenvalue weighted by molar-refractivity contribution is 9.10. The number of halogens is 1. The predicted molar refractivity (Wildman–Crippen MR) is 65.0 cm³/mol. The molecule has 0 saturated heterocycles. The summed E-state index contributed by atoms with van der Waals surface area (Å²) in [6.45, 7) is 0. The zero-order chi connectivity index (χ0) is 12.0. The van der Waals surface area contributed by atoms with Crippen LogP contribution in [0.15, 0.2) is 28.7 Å². The van der Waals surface area contributed by atoms with E-state index >= 15 is 0 Å². The minimum absolute atomic E-state index is 0.120. The molecule has 0 saturated carbocycles. The Morgan fingerprint density at radius 2 is 2.06 bits per heavy atom. The zero-order valence-electron chi connectivity index (χ0n) is 8.27. The van der Waals surface area contributed by atoms with Crippen LogP contribution in [-0.2, 0) is 4.74 Å². The van der Waals surface area contributed by atoms with Crippen LogP contribution in [0.3, 0.4) is 0 Å². The van der Waals surface area contributed by atoms with Gasteiger partial charge < -0.3 is 4.74 Å². The molecule has 17 heavy (non-hydrogen) atoms. The van der Waals surface area contributed by atoms with Gasteiger partial charge in [-0.3, -0.25) is 0 Å². The van der Waals surface area contributed by atoms with Gasteiger partial charge in [-0.2, -0.15) is 0 Å². The van der Waals surface area contributed by atoms with Crippen LogP contribution < -0.4 is 0 Å². The van der Waals surface area contributed by atoms with Crippen LogP contribution in [0.4, 0.5) is 0 Å². The third-order valence-electron chi connectivity index (χ3n) is 2.26. The van der Waals surface area contributed by atoms with E-state index in [1.165, 1.54) is 11.3 Å². The number of nitrogens with zero attached hydrogens (tertiary/aromatic N) is 1. The van der Waals surface area contributed by atoms with E-state index in [-0.39, 0.29) is 10.6 Å². The normalized spacial score (nSPS) is 13.7. The van der Waals surface area contributed by atoms with E-state index in [4.69, 9.17) is 0 Å². The largest absolute Gasteiger partial charge is 0.384 e. The summed E-state index contributed by atoms with van der Waals surface area (Å²) in [7, 11) is 0. The van der Waals surface area contributed by atoms with E-state index < -0.39 is 11.9 Å². The van der Waals surface area contributed by atoms with Gasteiger partial charge in [-0.05, 0) is 12.1 Å². The van der Waals surface area contributed by atoms with Gasteiger partial charge in [-0.25, -0.2) is 14.6 Å². The van der Waals surface area contributed by atoms with Crippen molar-refractivity contribution in [2.45, 2.75) is 0 Å². The molecule has 2 heterocycles. The third-order valence-corrected chi connectivity index (χ3v) is 3.84. The van der Waals surface area contributed by atoms with Gasteiger partial charge in [-0.1, -0.05) is 28.1 Å². The molecule has 0 fully saturated rings. The van der Waals surface area contributed by atoms with Crippen molar-refractivity contribution in [3.05, 3.63) is 39.3 Å². The van der Waals surface area contributed by atoms with Gasteiger partial charge in [0.25, 0.3) is 0 Å². The summed E-state index contributed by atoms with van der Waals surface area (Å²) >= 11 is 4.53. The van der Waals surface area contributed by atoms with Crippen LogP contribution >= 0.6 is 27.3 Å². The smallest absolute Gasteiger partial charge is 0.366 e. The maximum atomic E-state index is 11.3. The summed E-state index contributed by atoms with van der Waals surface area (Å²) < 4.78 is 5.36. The summed E-state index contributed by atoms with van der Waals surface area (Å²) in [5, 5.41) is 0.640. The lowest BCUT2D eigenvalue weighted by Gasteiger charge is -1.96. The molecule has 1 aliphatic heterocycles. The maximum Gasteiger partial charge on any atom is 0.366 e. The molecule has 0 bridgehead atoms. The number of hydrogen-bond acceptors (Lipinski definition) is 5. The molecule has 0 atom stereocenters. The van der Waals surface area contributed by atoms with Crippen LogP contribution in [-0.4, -0.2) is 16.9 Å². The molecule has 1 aromatic heterocycles. The molecule has 1 aliphatic rings. The molecule has 0 aliphatic carbocycles. The second-order valence-corrected chi connectivity index (χ2v) is 5.30. The first-order valence-electron chi connectivity index (χ1n) is 4.68. The summed E-state index contributed by atoms with van der Waals surface area (Å²) in [6.07, 6.45) is 0. The van der Waals surface area contributed by atoms with E-state index in [1.807, 2.05) is 24.3 Å². The summed E-state index contributed by atoms with van der Waals surface area (Å²) in [6, 6.07) is 7.51. The standard InChI is InChI=1S/C11H4BrNO3S/c12-6-3-1-2-5(4-6)9-13-7-8(17-9)11(15)16-10(7)14/h1-4H. The first-order chi connectivity index (χ1) is 8.15. The Morgan fingerprint density at radius 3 is 2.76 bits per heavy atom. The molecule has 3 rings (SSSR count). The van der Waals surface area contributed by atoms with Gasteiger partial charge in [0.2, 0.25) is 0 Å². The van der Waals surface area contributed by atoms with E-state index in [2.05, 4.69) is 25.7 Å². The van der Waals surface area contributed by atoms with Gasteiger partial charge in [-0.15, -0.1) is 11.3 Å². The highest BCUT2D eigenvalue weighted by Gasteiger charge is 2.34. The summed E-state index contributed by atoms with van der Waals surface area (Å²) in [5.74, 6) is -1.27. The molecule has 2 aromatic rings. The van der Waals surface area contributed by atoms with Crippen molar-refractivity contribution in [2.24, 2.45) is 0 Å². The predicted octanol–water partition coefficient (Wildman–Crippen LogP) is 2.88. The highest BCUT2D eigenvalue weighted by Crippen LogP contribution is 2.33. The molecular weight excluding hydrogens is 306 g/mol. The Hall–Kier alpha value is -1.53. The molecule has 0 unspecified atom stereocenters. The number of carbonyl (C=O) groups is 2. The van der Waals surface area contributed by atoms with Gasteiger partial charge in [0, 0.05) is 10.0 Å². The number of ether oxygens (including phenoxy) is 1. The minimum Gasteiger partial charge on any atom is -0.384 e. The maximum absolute atomic E-state index is 11.3.